The monoisotopic (exact) mass is 316 g/mol. The first-order valence-corrected chi connectivity index (χ1v) is 8.71. The van der Waals surface area contributed by atoms with Gasteiger partial charge in [0.25, 0.3) is 0 Å². The van der Waals surface area contributed by atoms with Crippen molar-refractivity contribution < 1.29 is 8.42 Å². The number of halogens is 1. The van der Waals surface area contributed by atoms with Crippen LogP contribution in [0, 0.1) is 11.8 Å². The fourth-order valence-electron chi connectivity index (χ4n) is 3.06. The van der Waals surface area contributed by atoms with Gasteiger partial charge in [0, 0.05) is 11.7 Å². The lowest BCUT2D eigenvalue weighted by Gasteiger charge is -2.31. The molecule has 0 heterocycles. The number of sulfonamides is 1. The Morgan fingerprint density at radius 2 is 1.80 bits per heavy atom. The standard InChI is InChI=1S/C14H21ClN2O2S/c1-9-5-10(2)7-12(6-9)17-20(18,19)14-4-3-11(16)8-13(14)15/h3-4,8-10,12,17H,5-7,16H2,1-2H3. The molecule has 0 aromatic heterocycles. The first kappa shape index (κ1) is 15.6. The molecular formula is C14H21ClN2O2S. The van der Waals surface area contributed by atoms with E-state index in [4.69, 9.17) is 17.3 Å². The lowest BCUT2D eigenvalue weighted by molar-refractivity contribution is 0.257. The van der Waals surface area contributed by atoms with Crippen LogP contribution in [0.4, 0.5) is 5.69 Å². The van der Waals surface area contributed by atoms with Gasteiger partial charge in [0.05, 0.1) is 5.02 Å². The van der Waals surface area contributed by atoms with Crippen LogP contribution in [-0.4, -0.2) is 14.5 Å². The molecule has 4 nitrogen and oxygen atoms in total. The second-order valence-electron chi connectivity index (χ2n) is 5.93. The van der Waals surface area contributed by atoms with E-state index in [2.05, 4.69) is 18.6 Å². The maximum atomic E-state index is 12.4. The molecule has 1 saturated carbocycles. The average Bonchev–Trinajstić information content (AvgIpc) is 2.25. The van der Waals surface area contributed by atoms with Crippen LogP contribution in [0.5, 0.6) is 0 Å². The number of hydrogen-bond acceptors (Lipinski definition) is 3. The number of rotatable bonds is 3. The van der Waals surface area contributed by atoms with Crippen molar-refractivity contribution in [2.75, 3.05) is 5.73 Å². The van der Waals surface area contributed by atoms with E-state index in [9.17, 15) is 8.42 Å². The molecule has 0 spiro atoms. The van der Waals surface area contributed by atoms with Crippen LogP contribution >= 0.6 is 11.6 Å². The van der Waals surface area contributed by atoms with E-state index in [1.54, 1.807) is 6.07 Å². The van der Waals surface area contributed by atoms with E-state index in [1.165, 1.54) is 12.1 Å². The molecule has 6 heteroatoms. The second kappa shape index (κ2) is 5.92. The summed E-state index contributed by atoms with van der Waals surface area (Å²) in [6.07, 6.45) is 2.90. The molecule has 3 N–H and O–H groups in total. The third-order valence-electron chi connectivity index (χ3n) is 3.75. The molecule has 112 valence electrons. The minimum Gasteiger partial charge on any atom is -0.399 e. The van der Waals surface area contributed by atoms with Crippen molar-refractivity contribution in [1.29, 1.82) is 0 Å². The van der Waals surface area contributed by atoms with Gasteiger partial charge in [-0.3, -0.25) is 0 Å². The minimum atomic E-state index is -3.59. The molecular weight excluding hydrogens is 296 g/mol. The smallest absolute Gasteiger partial charge is 0.242 e. The lowest BCUT2D eigenvalue weighted by atomic mass is 9.81. The van der Waals surface area contributed by atoms with Crippen LogP contribution in [0.2, 0.25) is 5.02 Å². The SMILES string of the molecule is CC1CC(C)CC(NS(=O)(=O)c2ccc(N)cc2Cl)C1. The normalized spacial score (nSPS) is 27.4. The van der Waals surface area contributed by atoms with Crippen molar-refractivity contribution in [3.63, 3.8) is 0 Å². The van der Waals surface area contributed by atoms with Crippen molar-refractivity contribution in [3.8, 4) is 0 Å². The van der Waals surface area contributed by atoms with Crippen molar-refractivity contribution in [2.45, 2.75) is 44.0 Å². The first-order valence-electron chi connectivity index (χ1n) is 6.85. The molecule has 20 heavy (non-hydrogen) atoms. The largest absolute Gasteiger partial charge is 0.399 e. The molecule has 0 saturated heterocycles. The van der Waals surface area contributed by atoms with Crippen LogP contribution in [0.3, 0.4) is 0 Å². The molecule has 1 aliphatic rings. The van der Waals surface area contributed by atoms with Gasteiger partial charge in [0.2, 0.25) is 10.0 Å². The van der Waals surface area contributed by atoms with Crippen molar-refractivity contribution >= 4 is 27.3 Å². The second-order valence-corrected chi connectivity index (χ2v) is 8.02. The summed E-state index contributed by atoms with van der Waals surface area (Å²) in [4.78, 5) is 0.0965. The summed E-state index contributed by atoms with van der Waals surface area (Å²) in [5.41, 5.74) is 6.04. The Labute approximate surface area is 125 Å². The fraction of sp³-hybridized carbons (Fsp3) is 0.571. The molecule has 0 bridgehead atoms. The van der Waals surface area contributed by atoms with E-state index in [0.717, 1.165) is 19.3 Å². The predicted octanol–water partition coefficient (Wildman–Crippen LogP) is 3.03. The van der Waals surface area contributed by atoms with Gasteiger partial charge >= 0.3 is 0 Å². The molecule has 0 aliphatic heterocycles. The lowest BCUT2D eigenvalue weighted by Crippen LogP contribution is -2.40. The number of benzene rings is 1. The van der Waals surface area contributed by atoms with Crippen LogP contribution in [0.25, 0.3) is 0 Å². The first-order chi connectivity index (χ1) is 9.28. The van der Waals surface area contributed by atoms with Gasteiger partial charge < -0.3 is 5.73 Å². The summed E-state index contributed by atoms with van der Waals surface area (Å²) in [7, 11) is -3.59. The van der Waals surface area contributed by atoms with Gasteiger partial charge in [-0.2, -0.15) is 0 Å². The van der Waals surface area contributed by atoms with Gasteiger partial charge in [-0.05, 0) is 49.3 Å². The van der Waals surface area contributed by atoms with Crippen molar-refractivity contribution in [1.82, 2.24) is 4.72 Å². The van der Waals surface area contributed by atoms with Crippen LogP contribution in [-0.2, 0) is 10.0 Å². The van der Waals surface area contributed by atoms with E-state index in [-0.39, 0.29) is 16.0 Å². The molecule has 0 radical (unpaired) electrons. The van der Waals surface area contributed by atoms with E-state index in [0.29, 0.717) is 17.5 Å². The highest BCUT2D eigenvalue weighted by Crippen LogP contribution is 2.30. The molecule has 2 rings (SSSR count). The number of anilines is 1. The fourth-order valence-corrected chi connectivity index (χ4v) is 4.88. The van der Waals surface area contributed by atoms with E-state index >= 15 is 0 Å². The summed E-state index contributed by atoms with van der Waals surface area (Å²) in [5, 5.41) is 0.161. The number of hydrogen-bond donors (Lipinski definition) is 2. The Kier molecular flexibility index (Phi) is 4.62. The van der Waals surface area contributed by atoms with Gasteiger partial charge in [-0.15, -0.1) is 0 Å². The van der Waals surface area contributed by atoms with Gasteiger partial charge in [-0.25, -0.2) is 13.1 Å². The zero-order chi connectivity index (χ0) is 14.9. The summed E-state index contributed by atoms with van der Waals surface area (Å²) < 4.78 is 27.6. The minimum absolute atomic E-state index is 0.0210. The molecule has 1 aromatic rings. The highest BCUT2D eigenvalue weighted by Gasteiger charge is 2.28. The Hall–Kier alpha value is -0.780. The zero-order valence-corrected chi connectivity index (χ0v) is 13.3. The maximum absolute atomic E-state index is 12.4. The highest BCUT2D eigenvalue weighted by atomic mass is 35.5. The van der Waals surface area contributed by atoms with Crippen molar-refractivity contribution in [2.24, 2.45) is 11.8 Å². The molecule has 1 aliphatic carbocycles. The summed E-state index contributed by atoms with van der Waals surface area (Å²) in [6, 6.07) is 4.44. The highest BCUT2D eigenvalue weighted by molar-refractivity contribution is 7.89. The van der Waals surface area contributed by atoms with Crippen LogP contribution in [0.1, 0.15) is 33.1 Å². The topological polar surface area (TPSA) is 72.2 Å². The quantitative estimate of drug-likeness (QED) is 0.842. The summed E-state index contributed by atoms with van der Waals surface area (Å²) in [6.45, 7) is 4.32. The third kappa shape index (κ3) is 3.65. The van der Waals surface area contributed by atoms with Crippen LogP contribution < -0.4 is 10.5 Å². The van der Waals surface area contributed by atoms with E-state index < -0.39 is 10.0 Å². The van der Waals surface area contributed by atoms with Crippen LogP contribution in [0.15, 0.2) is 23.1 Å². The van der Waals surface area contributed by atoms with E-state index in [1.807, 2.05) is 0 Å². The molecule has 2 atom stereocenters. The predicted molar refractivity (Wildman–Crippen MR) is 82.2 cm³/mol. The van der Waals surface area contributed by atoms with Gasteiger partial charge in [-0.1, -0.05) is 25.4 Å². The Morgan fingerprint density at radius 1 is 1.20 bits per heavy atom. The third-order valence-corrected chi connectivity index (χ3v) is 5.75. The number of nitrogens with one attached hydrogen (secondary N) is 1. The number of nitrogen functional groups attached to an aromatic ring is 1. The average molecular weight is 317 g/mol. The molecule has 1 aromatic carbocycles. The van der Waals surface area contributed by atoms with Crippen molar-refractivity contribution in [3.05, 3.63) is 23.2 Å². The summed E-state index contributed by atoms with van der Waals surface area (Å²) in [5.74, 6) is 1.07. The number of nitrogens with two attached hydrogens (primary N) is 1. The summed E-state index contributed by atoms with van der Waals surface area (Å²) >= 11 is 5.99. The Bertz CT molecular complexity index is 579. The molecule has 1 fully saturated rings. The van der Waals surface area contributed by atoms with Gasteiger partial charge in [0.15, 0.2) is 0 Å². The molecule has 2 unspecified atom stereocenters. The zero-order valence-electron chi connectivity index (χ0n) is 11.8. The Morgan fingerprint density at radius 3 is 2.35 bits per heavy atom. The van der Waals surface area contributed by atoms with Gasteiger partial charge in [0.1, 0.15) is 4.90 Å². The Balaban J connectivity index is 2.18. The molecule has 0 amide bonds. The maximum Gasteiger partial charge on any atom is 0.242 e.